The van der Waals surface area contributed by atoms with E-state index in [0.29, 0.717) is 6.42 Å². The zero-order valence-electron chi connectivity index (χ0n) is 15.4. The first-order valence-corrected chi connectivity index (χ1v) is 9.39. The van der Waals surface area contributed by atoms with E-state index < -0.39 is 5.41 Å². The topological polar surface area (TPSA) is 74.4 Å². The Hall–Kier alpha value is -3.34. The van der Waals surface area contributed by atoms with Crippen LogP contribution < -0.4 is 15.2 Å². The van der Waals surface area contributed by atoms with Crippen LogP contribution in [0.3, 0.4) is 0 Å². The van der Waals surface area contributed by atoms with Crippen LogP contribution in [0.15, 0.2) is 60.7 Å². The number of nitrogens with zero attached hydrogens (tertiary/aromatic N) is 1. The lowest BCUT2D eigenvalue weighted by molar-refractivity contribution is -0.120. The number of nitrogen functional groups attached to an aromatic ring is 1. The van der Waals surface area contributed by atoms with Gasteiger partial charge in [0.2, 0.25) is 6.79 Å². The number of aromatic nitrogens is 1. The van der Waals surface area contributed by atoms with E-state index in [1.54, 1.807) is 0 Å². The maximum atomic E-state index is 13.2. The minimum absolute atomic E-state index is 0. The summed E-state index contributed by atoms with van der Waals surface area (Å²) in [4.78, 5) is 17.9. The van der Waals surface area contributed by atoms with Gasteiger partial charge in [-0.3, -0.25) is 9.78 Å². The second kappa shape index (κ2) is 6.37. The molecule has 2 aromatic carbocycles. The highest BCUT2D eigenvalue weighted by molar-refractivity contribution is 5.94. The largest absolute Gasteiger partial charge is 0.454 e. The van der Waals surface area contributed by atoms with Gasteiger partial charge in [0, 0.05) is 26.2 Å². The van der Waals surface area contributed by atoms with Crippen molar-refractivity contribution in [3.05, 3.63) is 71.9 Å². The molecule has 1 fully saturated rings. The van der Waals surface area contributed by atoms with E-state index in [2.05, 4.69) is 0 Å². The van der Waals surface area contributed by atoms with Crippen molar-refractivity contribution in [2.45, 2.75) is 24.7 Å². The highest BCUT2D eigenvalue weighted by Crippen LogP contribution is 2.51. The van der Waals surface area contributed by atoms with Gasteiger partial charge in [0.1, 0.15) is 5.78 Å². The number of pyridine rings is 1. The van der Waals surface area contributed by atoms with Crippen LogP contribution >= 0.6 is 0 Å². The summed E-state index contributed by atoms with van der Waals surface area (Å²) in [6.07, 6.45) is 2.05. The molecule has 5 heteroatoms. The summed E-state index contributed by atoms with van der Waals surface area (Å²) in [7, 11) is 0. The number of hydrogen-bond donors (Lipinski definition) is 1. The Kier molecular flexibility index (Phi) is 3.83. The van der Waals surface area contributed by atoms with Crippen molar-refractivity contribution in [3.8, 4) is 22.8 Å². The second-order valence-electron chi connectivity index (χ2n) is 7.39. The first-order chi connectivity index (χ1) is 13.6. The van der Waals surface area contributed by atoms with E-state index in [9.17, 15) is 4.79 Å². The standard InChI is InChI=1S/C23H20N2O3.2H2/c24-17-7-4-15(5-8-17)19-3-1-2-18(25-19)13-22(26)23(10-11-23)16-6-9-20-21(12-16)28-14-27-20;;/h1-9,12H,10-11,13-14,24H2;2*1H. The van der Waals surface area contributed by atoms with Crippen molar-refractivity contribution >= 4 is 11.5 Å². The Balaban J connectivity index is 0.00000128. The predicted molar refractivity (Wildman–Crippen MR) is 111 cm³/mol. The van der Waals surface area contributed by atoms with Crippen LogP contribution in [0, 0.1) is 0 Å². The Morgan fingerprint density at radius 1 is 1.04 bits per heavy atom. The molecule has 1 aliphatic heterocycles. The molecule has 1 saturated carbocycles. The van der Waals surface area contributed by atoms with Gasteiger partial charge in [-0.05, 0) is 54.8 Å². The van der Waals surface area contributed by atoms with Crippen LogP contribution in [0.2, 0.25) is 0 Å². The maximum absolute atomic E-state index is 13.2. The Morgan fingerprint density at radius 3 is 2.61 bits per heavy atom. The van der Waals surface area contributed by atoms with Gasteiger partial charge >= 0.3 is 0 Å². The van der Waals surface area contributed by atoms with Gasteiger partial charge in [0.05, 0.1) is 11.1 Å². The van der Waals surface area contributed by atoms with E-state index in [1.807, 2.05) is 60.7 Å². The van der Waals surface area contributed by atoms with Gasteiger partial charge in [-0.25, -0.2) is 0 Å². The van der Waals surface area contributed by atoms with Gasteiger partial charge in [-0.2, -0.15) is 0 Å². The fraction of sp³-hybridized carbons (Fsp3) is 0.217. The third kappa shape index (κ3) is 2.89. The number of benzene rings is 2. The normalized spacial score (nSPS) is 16.0. The number of rotatable bonds is 5. The Labute approximate surface area is 166 Å². The summed E-state index contributed by atoms with van der Waals surface area (Å²) in [5.41, 5.74) is 9.69. The minimum atomic E-state index is -0.417. The molecule has 28 heavy (non-hydrogen) atoms. The number of Topliss-reactive ketones (excluding diaryl/α,β-unsaturated/α-hetero) is 1. The number of anilines is 1. The number of ether oxygens (including phenoxy) is 2. The highest BCUT2D eigenvalue weighted by Gasteiger charge is 2.50. The van der Waals surface area contributed by atoms with Crippen LogP contribution in [0.4, 0.5) is 5.69 Å². The van der Waals surface area contributed by atoms with E-state index in [-0.39, 0.29) is 15.4 Å². The fourth-order valence-electron chi connectivity index (χ4n) is 3.77. The quantitative estimate of drug-likeness (QED) is 0.668. The van der Waals surface area contributed by atoms with Gasteiger partial charge in [-0.15, -0.1) is 0 Å². The third-order valence-electron chi connectivity index (χ3n) is 5.56. The molecule has 1 aliphatic carbocycles. The first-order valence-electron chi connectivity index (χ1n) is 9.39. The number of carbonyl (C=O) groups is 1. The van der Waals surface area contributed by atoms with Crippen LogP contribution in [0.1, 0.15) is 27.0 Å². The molecule has 2 aliphatic rings. The maximum Gasteiger partial charge on any atom is 0.231 e. The van der Waals surface area contributed by atoms with Crippen LogP contribution in [-0.4, -0.2) is 17.6 Å². The molecule has 0 amide bonds. The summed E-state index contributed by atoms with van der Waals surface area (Å²) >= 11 is 0. The molecule has 0 radical (unpaired) electrons. The van der Waals surface area contributed by atoms with E-state index in [1.165, 1.54) is 0 Å². The molecule has 1 aromatic heterocycles. The van der Waals surface area contributed by atoms with Gasteiger partial charge in [0.15, 0.2) is 11.5 Å². The average Bonchev–Trinajstić information content (AvgIpc) is 3.40. The molecule has 3 aromatic rings. The number of carbonyl (C=O) groups excluding carboxylic acids is 1. The molecule has 0 unspecified atom stereocenters. The minimum Gasteiger partial charge on any atom is -0.454 e. The Bertz CT molecular complexity index is 1070. The van der Waals surface area contributed by atoms with Crippen molar-refractivity contribution in [1.82, 2.24) is 4.98 Å². The summed E-state index contributed by atoms with van der Waals surface area (Å²) in [5.74, 6) is 1.67. The van der Waals surface area contributed by atoms with Gasteiger partial charge < -0.3 is 15.2 Å². The van der Waals surface area contributed by atoms with Crippen LogP contribution in [0.25, 0.3) is 11.3 Å². The fourth-order valence-corrected chi connectivity index (χ4v) is 3.77. The first kappa shape index (κ1) is 16.8. The van der Waals surface area contributed by atoms with Crippen LogP contribution in [0.5, 0.6) is 11.5 Å². The van der Waals surface area contributed by atoms with Crippen molar-refractivity contribution in [2.24, 2.45) is 0 Å². The van der Waals surface area contributed by atoms with Gasteiger partial charge in [-0.1, -0.05) is 24.3 Å². The van der Waals surface area contributed by atoms with Crippen molar-refractivity contribution in [2.75, 3.05) is 12.5 Å². The molecule has 2 heterocycles. The molecular weight excluding hydrogens is 352 g/mol. The zero-order chi connectivity index (χ0) is 19.1. The molecule has 0 atom stereocenters. The third-order valence-corrected chi connectivity index (χ3v) is 5.56. The molecule has 0 spiro atoms. The lowest BCUT2D eigenvalue weighted by atomic mass is 9.88. The van der Waals surface area contributed by atoms with Crippen molar-refractivity contribution < 1.29 is 17.1 Å². The van der Waals surface area contributed by atoms with E-state index in [0.717, 1.165) is 52.5 Å². The second-order valence-corrected chi connectivity index (χ2v) is 7.39. The number of ketones is 1. The van der Waals surface area contributed by atoms with Crippen molar-refractivity contribution in [3.63, 3.8) is 0 Å². The smallest absolute Gasteiger partial charge is 0.231 e. The molecule has 0 bridgehead atoms. The van der Waals surface area contributed by atoms with Gasteiger partial charge in [0.25, 0.3) is 0 Å². The number of fused-ring (bicyclic) bond motifs is 1. The lowest BCUT2D eigenvalue weighted by Gasteiger charge is -2.15. The van der Waals surface area contributed by atoms with E-state index in [4.69, 9.17) is 20.2 Å². The van der Waals surface area contributed by atoms with Crippen molar-refractivity contribution in [1.29, 1.82) is 0 Å². The highest BCUT2D eigenvalue weighted by atomic mass is 16.7. The molecule has 2 N–H and O–H groups in total. The summed E-state index contributed by atoms with van der Waals surface area (Å²) < 4.78 is 10.9. The summed E-state index contributed by atoms with van der Waals surface area (Å²) in [5, 5.41) is 0. The molecule has 5 nitrogen and oxygen atoms in total. The predicted octanol–water partition coefficient (Wildman–Crippen LogP) is 4.39. The molecule has 144 valence electrons. The SMILES string of the molecule is Nc1ccc(-c2cccc(CC(=O)C3(c4ccc5c(c4)OCO5)CC3)n2)cc1.[HH].[HH]. The molecule has 5 rings (SSSR count). The summed E-state index contributed by atoms with van der Waals surface area (Å²) in [6, 6.07) is 19.2. The molecule has 0 saturated heterocycles. The van der Waals surface area contributed by atoms with E-state index >= 15 is 0 Å². The lowest BCUT2D eigenvalue weighted by Crippen LogP contribution is -2.23. The monoisotopic (exact) mass is 376 g/mol. The average molecular weight is 376 g/mol. The number of nitrogens with two attached hydrogens (primary N) is 1. The number of hydrogen-bond acceptors (Lipinski definition) is 5. The molecular formula is C23H24N2O3. The summed E-state index contributed by atoms with van der Waals surface area (Å²) in [6.45, 7) is 0.238. The zero-order valence-corrected chi connectivity index (χ0v) is 15.4. The Morgan fingerprint density at radius 2 is 1.82 bits per heavy atom. The van der Waals surface area contributed by atoms with Crippen LogP contribution in [-0.2, 0) is 16.6 Å².